The van der Waals surface area contributed by atoms with E-state index in [2.05, 4.69) is 30.9 Å². The SMILES string of the molecule is CCc1ccc(OCC#Cc2ccc(CCC(C)(N)CCP(=O)(O)O)s2)cc1. The summed E-state index contributed by atoms with van der Waals surface area (Å²) in [6.07, 6.45) is 2.56. The maximum Gasteiger partial charge on any atom is 0.325 e. The number of benzene rings is 1. The Bertz CT molecular complexity index is 859. The summed E-state index contributed by atoms with van der Waals surface area (Å²) >= 11 is 1.61. The van der Waals surface area contributed by atoms with Gasteiger partial charge in [0.1, 0.15) is 12.4 Å². The van der Waals surface area contributed by atoms with Gasteiger partial charge in [-0.2, -0.15) is 0 Å². The molecule has 4 N–H and O–H groups in total. The van der Waals surface area contributed by atoms with Gasteiger partial charge in [-0.15, -0.1) is 11.3 Å². The molecule has 0 aliphatic carbocycles. The number of ether oxygens (including phenoxy) is 1. The molecule has 0 aliphatic rings. The molecule has 2 aromatic rings. The summed E-state index contributed by atoms with van der Waals surface area (Å²) in [5.74, 6) is 6.95. The highest BCUT2D eigenvalue weighted by Gasteiger charge is 2.23. The molecular formula is C21H28NO4PS. The maximum absolute atomic E-state index is 11.0. The molecule has 0 radical (unpaired) electrons. The third kappa shape index (κ3) is 8.60. The quantitative estimate of drug-likeness (QED) is 0.421. The predicted molar refractivity (Wildman–Crippen MR) is 115 cm³/mol. The normalized spacial score (nSPS) is 13.5. The number of rotatable bonds is 9. The summed E-state index contributed by atoms with van der Waals surface area (Å²) in [5, 5.41) is 0. The van der Waals surface area contributed by atoms with Crippen LogP contribution in [-0.4, -0.2) is 28.1 Å². The predicted octanol–water partition coefficient (Wildman–Crippen LogP) is 3.96. The van der Waals surface area contributed by atoms with Gasteiger partial charge < -0.3 is 20.3 Å². The van der Waals surface area contributed by atoms with E-state index in [0.717, 1.165) is 28.3 Å². The molecule has 0 fully saturated rings. The molecule has 7 heteroatoms. The summed E-state index contributed by atoms with van der Waals surface area (Å²) in [6, 6.07) is 12.0. The fraction of sp³-hybridized carbons (Fsp3) is 0.429. The van der Waals surface area contributed by atoms with E-state index in [1.807, 2.05) is 31.2 Å². The minimum atomic E-state index is -4.00. The van der Waals surface area contributed by atoms with Crippen LogP contribution in [0.3, 0.4) is 0 Å². The van der Waals surface area contributed by atoms with Crippen molar-refractivity contribution in [2.45, 2.75) is 45.1 Å². The highest BCUT2D eigenvalue weighted by atomic mass is 32.1. The first-order chi connectivity index (χ1) is 13.2. The third-order valence-corrected chi connectivity index (χ3v) is 6.30. The van der Waals surface area contributed by atoms with E-state index >= 15 is 0 Å². The lowest BCUT2D eigenvalue weighted by Crippen LogP contribution is -2.37. The van der Waals surface area contributed by atoms with Crippen molar-refractivity contribution in [3.8, 4) is 17.6 Å². The van der Waals surface area contributed by atoms with Gasteiger partial charge in [-0.05, 0) is 62.4 Å². The molecule has 5 nitrogen and oxygen atoms in total. The van der Waals surface area contributed by atoms with Gasteiger partial charge in [0, 0.05) is 10.4 Å². The lowest BCUT2D eigenvalue weighted by Gasteiger charge is -2.24. The molecule has 0 amide bonds. The van der Waals surface area contributed by atoms with Crippen molar-refractivity contribution in [1.29, 1.82) is 0 Å². The molecule has 0 saturated heterocycles. The van der Waals surface area contributed by atoms with Crippen LogP contribution in [0, 0.1) is 11.8 Å². The standard InChI is InChI=1S/C21H28NO4PS/c1-3-17-6-8-18(9-7-17)26-15-4-5-19-10-11-20(28-19)12-13-21(2,22)14-16-27(23,24)25/h6-11H,3,12-16,22H2,1-2H3,(H2,23,24,25). The van der Waals surface area contributed by atoms with E-state index < -0.39 is 13.1 Å². The van der Waals surface area contributed by atoms with Crippen molar-refractivity contribution in [2.75, 3.05) is 12.8 Å². The minimum absolute atomic E-state index is 0.178. The lowest BCUT2D eigenvalue weighted by molar-refractivity contribution is 0.354. The summed E-state index contributed by atoms with van der Waals surface area (Å²) in [7, 11) is -4.00. The Morgan fingerprint density at radius 2 is 1.89 bits per heavy atom. The second kappa shape index (κ2) is 10.2. The summed E-state index contributed by atoms with van der Waals surface area (Å²) in [5.41, 5.74) is 6.85. The topological polar surface area (TPSA) is 92.8 Å². The van der Waals surface area contributed by atoms with Gasteiger partial charge in [0.05, 0.1) is 11.0 Å². The summed E-state index contributed by atoms with van der Waals surface area (Å²) in [6.45, 7) is 4.29. The smallest absolute Gasteiger partial charge is 0.325 e. The van der Waals surface area contributed by atoms with Crippen molar-refractivity contribution in [3.63, 3.8) is 0 Å². The van der Waals surface area contributed by atoms with Crippen molar-refractivity contribution < 1.29 is 19.1 Å². The Balaban J connectivity index is 1.79. The molecule has 2 rings (SSSR count). The zero-order chi connectivity index (χ0) is 20.6. The molecule has 152 valence electrons. The molecule has 1 unspecified atom stereocenters. The van der Waals surface area contributed by atoms with Crippen molar-refractivity contribution in [2.24, 2.45) is 5.73 Å². The fourth-order valence-electron chi connectivity index (χ4n) is 2.58. The summed E-state index contributed by atoms with van der Waals surface area (Å²) < 4.78 is 16.6. The average molecular weight is 421 g/mol. The Labute approximate surface area is 171 Å². The molecule has 1 atom stereocenters. The van der Waals surface area contributed by atoms with Crippen LogP contribution >= 0.6 is 18.9 Å². The molecule has 28 heavy (non-hydrogen) atoms. The third-order valence-electron chi connectivity index (χ3n) is 4.43. The van der Waals surface area contributed by atoms with E-state index in [1.165, 1.54) is 5.56 Å². The highest BCUT2D eigenvalue weighted by Crippen LogP contribution is 2.37. The Morgan fingerprint density at radius 1 is 1.18 bits per heavy atom. The molecule has 0 spiro atoms. The molecule has 0 aliphatic heterocycles. The second-order valence-electron chi connectivity index (χ2n) is 7.15. The zero-order valence-electron chi connectivity index (χ0n) is 16.4. The Kier molecular flexibility index (Phi) is 8.30. The first kappa shape index (κ1) is 22.7. The van der Waals surface area contributed by atoms with Gasteiger partial charge in [0.15, 0.2) is 0 Å². The van der Waals surface area contributed by atoms with Gasteiger partial charge in [0.2, 0.25) is 0 Å². The second-order valence-corrected chi connectivity index (χ2v) is 10.1. The molecule has 0 saturated carbocycles. The van der Waals surface area contributed by atoms with Crippen LogP contribution in [0.4, 0.5) is 0 Å². The molecular weight excluding hydrogens is 393 g/mol. The van der Waals surface area contributed by atoms with E-state index in [0.29, 0.717) is 19.4 Å². The summed E-state index contributed by atoms with van der Waals surface area (Å²) in [4.78, 5) is 20.1. The van der Waals surface area contributed by atoms with E-state index in [4.69, 9.17) is 20.3 Å². The van der Waals surface area contributed by atoms with E-state index in [9.17, 15) is 4.57 Å². The van der Waals surface area contributed by atoms with Crippen molar-refractivity contribution in [3.05, 3.63) is 51.7 Å². The molecule has 0 bridgehead atoms. The number of hydrogen-bond donors (Lipinski definition) is 3. The van der Waals surface area contributed by atoms with Crippen LogP contribution in [0.15, 0.2) is 36.4 Å². The van der Waals surface area contributed by atoms with Crippen LogP contribution in [0.1, 0.15) is 42.0 Å². The zero-order valence-corrected chi connectivity index (χ0v) is 18.1. The first-order valence-corrected chi connectivity index (χ1v) is 11.9. The Morgan fingerprint density at radius 3 is 2.54 bits per heavy atom. The van der Waals surface area contributed by atoms with Crippen LogP contribution in [0.25, 0.3) is 0 Å². The maximum atomic E-state index is 11.0. The van der Waals surface area contributed by atoms with Crippen molar-refractivity contribution in [1.82, 2.24) is 0 Å². The first-order valence-electron chi connectivity index (χ1n) is 9.30. The lowest BCUT2D eigenvalue weighted by atomic mass is 9.94. The highest BCUT2D eigenvalue weighted by molar-refractivity contribution is 7.51. The van der Waals surface area contributed by atoms with E-state index in [1.54, 1.807) is 11.3 Å². The monoisotopic (exact) mass is 421 g/mol. The average Bonchev–Trinajstić information content (AvgIpc) is 3.10. The van der Waals surface area contributed by atoms with Gasteiger partial charge in [0.25, 0.3) is 0 Å². The number of hydrogen-bond acceptors (Lipinski definition) is 4. The number of aryl methyl sites for hydroxylation is 2. The molecule has 1 aromatic heterocycles. The van der Waals surface area contributed by atoms with Crippen LogP contribution in [-0.2, 0) is 17.4 Å². The fourth-order valence-corrected chi connectivity index (χ4v) is 4.26. The van der Waals surface area contributed by atoms with E-state index in [-0.39, 0.29) is 6.16 Å². The van der Waals surface area contributed by atoms with Gasteiger partial charge in [-0.1, -0.05) is 30.9 Å². The van der Waals surface area contributed by atoms with Crippen molar-refractivity contribution >= 4 is 18.9 Å². The minimum Gasteiger partial charge on any atom is -0.481 e. The van der Waals surface area contributed by atoms with Gasteiger partial charge in [-0.3, -0.25) is 4.57 Å². The van der Waals surface area contributed by atoms with Gasteiger partial charge in [-0.25, -0.2) is 0 Å². The molecule has 1 heterocycles. The number of thiophene rings is 1. The van der Waals surface area contributed by atoms with Gasteiger partial charge >= 0.3 is 7.60 Å². The molecule has 1 aromatic carbocycles. The van der Waals surface area contributed by atoms with Crippen LogP contribution < -0.4 is 10.5 Å². The van der Waals surface area contributed by atoms with Crippen LogP contribution in [0.5, 0.6) is 5.75 Å². The van der Waals surface area contributed by atoms with Crippen LogP contribution in [0.2, 0.25) is 0 Å². The number of nitrogens with two attached hydrogens (primary N) is 1. The Hall–Kier alpha value is -1.61. The largest absolute Gasteiger partial charge is 0.481 e.